The molecule has 0 unspecified atom stereocenters. The highest BCUT2D eigenvalue weighted by molar-refractivity contribution is 8.13. The highest BCUT2D eigenvalue weighted by Gasteiger charge is 2.04. The minimum Gasteiger partial charge on any atom is -0.368 e. The number of rotatable bonds is 3. The summed E-state index contributed by atoms with van der Waals surface area (Å²) >= 11 is 1.63. The Balaban J connectivity index is 2.03. The van der Waals surface area contributed by atoms with Crippen LogP contribution in [0.25, 0.3) is 0 Å². The van der Waals surface area contributed by atoms with E-state index in [1.807, 2.05) is 13.8 Å². The van der Waals surface area contributed by atoms with Gasteiger partial charge in [-0.1, -0.05) is 11.8 Å². The average Bonchev–Trinajstić information content (AvgIpc) is 2.39. The molecule has 64 valence electrons. The molecule has 1 aliphatic heterocycles. The molecule has 0 aromatic carbocycles. The number of nitrogens with one attached hydrogen (secondary N) is 1. The molecule has 11 heavy (non-hydrogen) atoms. The Kier molecular flexibility index (Phi) is 3.72. The summed E-state index contributed by atoms with van der Waals surface area (Å²) in [5, 5.41) is 4.18. The fourth-order valence-corrected chi connectivity index (χ4v) is 1.54. The molecule has 0 saturated carbocycles. The van der Waals surface area contributed by atoms with Gasteiger partial charge in [-0.15, -0.1) is 0 Å². The third-order valence-electron chi connectivity index (χ3n) is 1.24. The van der Waals surface area contributed by atoms with Crippen LogP contribution in [0.5, 0.6) is 0 Å². The van der Waals surface area contributed by atoms with Crippen LogP contribution in [0.3, 0.4) is 0 Å². The normalized spacial score (nSPS) is 16.8. The lowest BCUT2D eigenvalue weighted by atomic mass is 10.5. The van der Waals surface area contributed by atoms with Crippen molar-refractivity contribution in [2.45, 2.75) is 20.0 Å². The first kappa shape index (κ1) is 8.87. The van der Waals surface area contributed by atoms with Crippen LogP contribution < -0.4 is 5.32 Å². The van der Waals surface area contributed by atoms with Crippen LogP contribution in [0.15, 0.2) is 4.99 Å². The number of aliphatic imine (C=N–C) groups is 1. The van der Waals surface area contributed by atoms with E-state index in [-0.39, 0.29) is 0 Å². The van der Waals surface area contributed by atoms with E-state index in [0.717, 1.165) is 18.3 Å². The van der Waals surface area contributed by atoms with E-state index in [2.05, 4.69) is 10.3 Å². The average molecular weight is 174 g/mol. The second kappa shape index (κ2) is 4.62. The molecule has 0 saturated heterocycles. The molecule has 1 heterocycles. The van der Waals surface area contributed by atoms with Gasteiger partial charge in [-0.3, -0.25) is 4.99 Å². The summed E-state index contributed by atoms with van der Waals surface area (Å²) in [5.41, 5.74) is 0. The SMILES string of the molecule is CC(C)OCSC1=NCCN1. The summed E-state index contributed by atoms with van der Waals surface area (Å²) in [7, 11) is 0. The van der Waals surface area contributed by atoms with Gasteiger partial charge in [0.05, 0.1) is 18.6 Å². The number of amidine groups is 1. The smallest absolute Gasteiger partial charge is 0.158 e. The van der Waals surface area contributed by atoms with Crippen LogP contribution in [-0.4, -0.2) is 30.3 Å². The van der Waals surface area contributed by atoms with Gasteiger partial charge in [0.15, 0.2) is 5.17 Å². The molecule has 1 N–H and O–H groups in total. The van der Waals surface area contributed by atoms with Crippen LogP contribution in [0, 0.1) is 0 Å². The number of hydrogen-bond acceptors (Lipinski definition) is 4. The minimum atomic E-state index is 0.310. The van der Waals surface area contributed by atoms with E-state index in [9.17, 15) is 0 Å². The van der Waals surface area contributed by atoms with Gasteiger partial charge in [0, 0.05) is 6.54 Å². The number of nitrogens with zero attached hydrogens (tertiary/aromatic N) is 1. The highest BCUT2D eigenvalue weighted by Crippen LogP contribution is 2.06. The van der Waals surface area contributed by atoms with Gasteiger partial charge in [-0.05, 0) is 13.8 Å². The van der Waals surface area contributed by atoms with Gasteiger partial charge in [0.2, 0.25) is 0 Å². The van der Waals surface area contributed by atoms with Crippen molar-refractivity contribution in [3.63, 3.8) is 0 Å². The third kappa shape index (κ3) is 3.62. The standard InChI is InChI=1S/C7H14N2OS/c1-6(2)10-5-11-7-8-3-4-9-7/h6H,3-5H2,1-2H3,(H,8,9). The van der Waals surface area contributed by atoms with E-state index in [1.165, 1.54) is 0 Å². The predicted octanol–water partition coefficient (Wildman–Crippen LogP) is 1.06. The lowest BCUT2D eigenvalue weighted by molar-refractivity contribution is 0.121. The first-order chi connectivity index (χ1) is 5.29. The monoisotopic (exact) mass is 174 g/mol. The lowest BCUT2D eigenvalue weighted by Gasteiger charge is -2.06. The molecule has 0 radical (unpaired) electrons. The molecule has 0 aromatic heterocycles. The maximum Gasteiger partial charge on any atom is 0.158 e. The topological polar surface area (TPSA) is 33.6 Å². The van der Waals surface area contributed by atoms with Gasteiger partial charge in [0.1, 0.15) is 0 Å². The van der Waals surface area contributed by atoms with E-state index in [0.29, 0.717) is 12.0 Å². The molecule has 0 aromatic rings. The molecule has 1 aliphatic rings. The molecular weight excluding hydrogens is 160 g/mol. The molecule has 0 amide bonds. The van der Waals surface area contributed by atoms with Crippen molar-refractivity contribution in [1.29, 1.82) is 0 Å². The predicted molar refractivity (Wildman–Crippen MR) is 49.0 cm³/mol. The van der Waals surface area contributed by atoms with Crippen molar-refractivity contribution in [3.8, 4) is 0 Å². The van der Waals surface area contributed by atoms with Crippen molar-refractivity contribution < 1.29 is 4.74 Å². The van der Waals surface area contributed by atoms with Crippen LogP contribution >= 0.6 is 11.8 Å². The van der Waals surface area contributed by atoms with Gasteiger partial charge >= 0.3 is 0 Å². The maximum atomic E-state index is 5.35. The van der Waals surface area contributed by atoms with Gasteiger partial charge < -0.3 is 10.1 Å². The largest absolute Gasteiger partial charge is 0.368 e. The first-order valence-corrected chi connectivity index (χ1v) is 4.80. The Hall–Kier alpha value is -0.220. The Labute approximate surface area is 71.6 Å². The summed E-state index contributed by atoms with van der Waals surface area (Å²) in [6.45, 7) is 5.95. The first-order valence-electron chi connectivity index (χ1n) is 3.82. The van der Waals surface area contributed by atoms with Gasteiger partial charge in [0.25, 0.3) is 0 Å². The van der Waals surface area contributed by atoms with Gasteiger partial charge in [-0.25, -0.2) is 0 Å². The summed E-state index contributed by atoms with van der Waals surface area (Å²) in [4.78, 5) is 4.22. The molecule has 0 bridgehead atoms. The molecule has 0 atom stereocenters. The van der Waals surface area contributed by atoms with Crippen molar-refractivity contribution in [2.75, 3.05) is 19.0 Å². The Morgan fingerprint density at radius 3 is 3.09 bits per heavy atom. The van der Waals surface area contributed by atoms with Gasteiger partial charge in [-0.2, -0.15) is 0 Å². The Morgan fingerprint density at radius 1 is 1.73 bits per heavy atom. The van der Waals surface area contributed by atoms with Crippen LogP contribution in [0.2, 0.25) is 0 Å². The van der Waals surface area contributed by atoms with Crippen LogP contribution in [0.1, 0.15) is 13.8 Å². The minimum absolute atomic E-state index is 0.310. The molecule has 0 spiro atoms. The van der Waals surface area contributed by atoms with E-state index in [4.69, 9.17) is 4.74 Å². The highest BCUT2D eigenvalue weighted by atomic mass is 32.2. The number of ether oxygens (including phenoxy) is 1. The summed E-state index contributed by atoms with van der Waals surface area (Å²) in [6, 6.07) is 0. The second-order valence-corrected chi connectivity index (χ2v) is 3.50. The summed E-state index contributed by atoms with van der Waals surface area (Å²) in [5.74, 6) is 0.698. The molecule has 0 fully saturated rings. The summed E-state index contributed by atoms with van der Waals surface area (Å²) in [6.07, 6.45) is 0.310. The van der Waals surface area contributed by atoms with E-state index in [1.54, 1.807) is 11.8 Å². The molecule has 1 rings (SSSR count). The Morgan fingerprint density at radius 2 is 2.55 bits per heavy atom. The molecule has 0 aliphatic carbocycles. The third-order valence-corrected chi connectivity index (χ3v) is 2.04. The quantitative estimate of drug-likeness (QED) is 0.650. The number of hydrogen-bond donors (Lipinski definition) is 1. The second-order valence-electron chi connectivity index (χ2n) is 2.59. The van der Waals surface area contributed by atoms with Crippen molar-refractivity contribution in [2.24, 2.45) is 4.99 Å². The lowest BCUT2D eigenvalue weighted by Crippen LogP contribution is -2.16. The van der Waals surface area contributed by atoms with Crippen molar-refractivity contribution in [1.82, 2.24) is 5.32 Å². The van der Waals surface area contributed by atoms with Crippen LogP contribution in [-0.2, 0) is 4.74 Å². The molecule has 3 nitrogen and oxygen atoms in total. The van der Waals surface area contributed by atoms with Crippen LogP contribution in [0.4, 0.5) is 0 Å². The molecule has 4 heteroatoms. The fourth-order valence-electron chi connectivity index (χ4n) is 0.699. The molecular formula is C7H14N2OS. The zero-order valence-electron chi connectivity index (χ0n) is 6.96. The Bertz CT molecular complexity index is 147. The summed E-state index contributed by atoms with van der Waals surface area (Å²) < 4.78 is 5.35. The van der Waals surface area contributed by atoms with Crippen molar-refractivity contribution >= 4 is 16.9 Å². The number of thioether (sulfide) groups is 1. The zero-order valence-corrected chi connectivity index (χ0v) is 7.78. The van der Waals surface area contributed by atoms with E-state index >= 15 is 0 Å². The zero-order chi connectivity index (χ0) is 8.10. The maximum absolute atomic E-state index is 5.35. The van der Waals surface area contributed by atoms with E-state index < -0.39 is 0 Å². The fraction of sp³-hybridized carbons (Fsp3) is 0.857. The van der Waals surface area contributed by atoms with Crippen molar-refractivity contribution in [3.05, 3.63) is 0 Å².